The lowest BCUT2D eigenvalue weighted by atomic mass is 10.6. The molecule has 0 aliphatic rings. The zero-order chi connectivity index (χ0) is 14.3. The minimum Gasteiger partial charge on any atom is -0.468 e. The van der Waals surface area contributed by atoms with E-state index in [4.69, 9.17) is 5.73 Å². The number of rotatable bonds is 6. The molecular weight excluding hydrogens is 256 g/mol. The van der Waals surface area contributed by atoms with Gasteiger partial charge in [0.2, 0.25) is 17.8 Å². The van der Waals surface area contributed by atoms with E-state index in [1.807, 2.05) is 0 Å². The standard InChI is InChI=1S/C9H14N6O4/c1-18-5(16)3-11-8-13-7(10)14-9(15-8)12-4-6(17)19-2/h3-4H2,1-2H3,(H4,10,11,12,13,14,15). The number of aromatic nitrogens is 3. The number of anilines is 3. The molecule has 0 fully saturated rings. The summed E-state index contributed by atoms with van der Waals surface area (Å²) in [6.45, 7) is -0.229. The Morgan fingerprint density at radius 3 is 1.79 bits per heavy atom. The Morgan fingerprint density at radius 1 is 1.00 bits per heavy atom. The molecule has 104 valence electrons. The Morgan fingerprint density at radius 2 is 1.42 bits per heavy atom. The van der Waals surface area contributed by atoms with E-state index in [-0.39, 0.29) is 30.9 Å². The van der Waals surface area contributed by atoms with Crippen LogP contribution < -0.4 is 16.4 Å². The Hall–Kier alpha value is -2.65. The number of nitrogen functional groups attached to an aromatic ring is 1. The van der Waals surface area contributed by atoms with Gasteiger partial charge in [0.1, 0.15) is 13.1 Å². The molecule has 0 saturated heterocycles. The smallest absolute Gasteiger partial charge is 0.325 e. The molecule has 0 bridgehead atoms. The molecule has 10 nitrogen and oxygen atoms in total. The lowest BCUT2D eigenvalue weighted by Gasteiger charge is -2.07. The van der Waals surface area contributed by atoms with Gasteiger partial charge in [-0.15, -0.1) is 0 Å². The average molecular weight is 270 g/mol. The summed E-state index contributed by atoms with van der Waals surface area (Å²) >= 11 is 0. The van der Waals surface area contributed by atoms with Gasteiger partial charge in [0.25, 0.3) is 0 Å². The lowest BCUT2D eigenvalue weighted by molar-refractivity contribution is -0.139. The largest absolute Gasteiger partial charge is 0.468 e. The van der Waals surface area contributed by atoms with Gasteiger partial charge in [-0.1, -0.05) is 0 Å². The number of ether oxygens (including phenoxy) is 2. The van der Waals surface area contributed by atoms with Crippen LogP contribution in [0.2, 0.25) is 0 Å². The molecule has 0 saturated carbocycles. The molecule has 10 heteroatoms. The summed E-state index contributed by atoms with van der Waals surface area (Å²) in [6, 6.07) is 0. The van der Waals surface area contributed by atoms with Crippen molar-refractivity contribution in [1.82, 2.24) is 15.0 Å². The third-order valence-electron chi connectivity index (χ3n) is 1.89. The van der Waals surface area contributed by atoms with Crippen molar-refractivity contribution in [3.8, 4) is 0 Å². The molecule has 0 aliphatic heterocycles. The van der Waals surface area contributed by atoms with Gasteiger partial charge >= 0.3 is 11.9 Å². The minimum absolute atomic E-state index is 0.0604. The summed E-state index contributed by atoms with van der Waals surface area (Å²) in [5, 5.41) is 5.21. The maximum Gasteiger partial charge on any atom is 0.325 e. The topological polar surface area (TPSA) is 141 Å². The van der Waals surface area contributed by atoms with Crippen molar-refractivity contribution in [3.63, 3.8) is 0 Å². The molecule has 0 atom stereocenters. The number of nitrogens with one attached hydrogen (secondary N) is 2. The van der Waals surface area contributed by atoms with Crippen LogP contribution in [-0.4, -0.2) is 54.2 Å². The Bertz CT molecular complexity index is 428. The summed E-state index contributed by atoms with van der Waals surface area (Å²) in [6.07, 6.45) is 0. The maximum absolute atomic E-state index is 10.9. The first-order chi connectivity index (χ1) is 9.05. The highest BCUT2D eigenvalue weighted by Gasteiger charge is 2.07. The quantitative estimate of drug-likeness (QED) is 0.529. The number of hydrogen-bond donors (Lipinski definition) is 3. The fraction of sp³-hybridized carbons (Fsp3) is 0.444. The van der Waals surface area contributed by atoms with Crippen LogP contribution in [0.25, 0.3) is 0 Å². The Balaban J connectivity index is 2.65. The predicted octanol–water partition coefficient (Wildman–Crippen LogP) is -1.38. The second-order valence-electron chi connectivity index (χ2n) is 3.20. The van der Waals surface area contributed by atoms with E-state index in [1.165, 1.54) is 14.2 Å². The molecule has 19 heavy (non-hydrogen) atoms. The highest BCUT2D eigenvalue weighted by atomic mass is 16.5. The molecule has 0 radical (unpaired) electrons. The minimum atomic E-state index is -0.483. The van der Waals surface area contributed by atoms with Gasteiger partial charge in [0.15, 0.2) is 0 Å². The van der Waals surface area contributed by atoms with Gasteiger partial charge in [0.05, 0.1) is 14.2 Å². The first-order valence-corrected chi connectivity index (χ1v) is 5.18. The molecular formula is C9H14N6O4. The molecule has 0 unspecified atom stereocenters. The zero-order valence-corrected chi connectivity index (χ0v) is 10.5. The van der Waals surface area contributed by atoms with E-state index < -0.39 is 11.9 Å². The summed E-state index contributed by atoms with van der Waals surface area (Å²) in [4.78, 5) is 33.3. The van der Waals surface area contributed by atoms with Gasteiger partial charge in [-0.3, -0.25) is 9.59 Å². The van der Waals surface area contributed by atoms with Crippen molar-refractivity contribution in [1.29, 1.82) is 0 Å². The van der Waals surface area contributed by atoms with Gasteiger partial charge < -0.3 is 25.8 Å². The second-order valence-corrected chi connectivity index (χ2v) is 3.20. The molecule has 1 rings (SSSR count). The molecule has 0 aromatic carbocycles. The van der Waals surface area contributed by atoms with Crippen molar-refractivity contribution in [2.24, 2.45) is 0 Å². The summed E-state index contributed by atoms with van der Waals surface area (Å²) in [5.41, 5.74) is 5.46. The first-order valence-electron chi connectivity index (χ1n) is 5.18. The Labute approximate surface area is 108 Å². The number of hydrogen-bond acceptors (Lipinski definition) is 10. The number of esters is 2. The number of nitrogens with two attached hydrogens (primary N) is 1. The molecule has 0 spiro atoms. The highest BCUT2D eigenvalue weighted by Crippen LogP contribution is 2.06. The van der Waals surface area contributed by atoms with E-state index in [1.54, 1.807) is 0 Å². The van der Waals surface area contributed by atoms with E-state index >= 15 is 0 Å². The van der Waals surface area contributed by atoms with Crippen LogP contribution in [0.15, 0.2) is 0 Å². The molecule has 1 heterocycles. The van der Waals surface area contributed by atoms with Crippen LogP contribution in [-0.2, 0) is 19.1 Å². The van der Waals surface area contributed by atoms with Crippen molar-refractivity contribution in [3.05, 3.63) is 0 Å². The normalized spacial score (nSPS) is 9.58. The third kappa shape index (κ3) is 5.02. The SMILES string of the molecule is COC(=O)CNc1nc(N)nc(NCC(=O)OC)n1. The molecule has 4 N–H and O–H groups in total. The van der Waals surface area contributed by atoms with Crippen molar-refractivity contribution >= 4 is 29.8 Å². The third-order valence-corrected chi connectivity index (χ3v) is 1.89. The number of nitrogens with zero attached hydrogens (tertiary/aromatic N) is 3. The van der Waals surface area contributed by atoms with Crippen LogP contribution >= 0.6 is 0 Å². The molecule has 1 aromatic heterocycles. The molecule has 0 amide bonds. The van der Waals surface area contributed by atoms with Crippen LogP contribution in [0.1, 0.15) is 0 Å². The first kappa shape index (κ1) is 14.4. The van der Waals surface area contributed by atoms with E-state index in [2.05, 4.69) is 35.1 Å². The van der Waals surface area contributed by atoms with Gasteiger partial charge in [-0.25, -0.2) is 0 Å². The van der Waals surface area contributed by atoms with Gasteiger partial charge in [0, 0.05) is 0 Å². The van der Waals surface area contributed by atoms with Crippen LogP contribution in [0.5, 0.6) is 0 Å². The van der Waals surface area contributed by atoms with Crippen LogP contribution in [0.4, 0.5) is 17.8 Å². The van der Waals surface area contributed by atoms with Gasteiger partial charge in [-0.05, 0) is 0 Å². The van der Waals surface area contributed by atoms with E-state index in [0.717, 1.165) is 0 Å². The number of carbonyl (C=O) groups is 2. The number of methoxy groups -OCH3 is 2. The number of carbonyl (C=O) groups excluding carboxylic acids is 2. The van der Waals surface area contributed by atoms with E-state index in [9.17, 15) is 9.59 Å². The molecule has 0 aliphatic carbocycles. The van der Waals surface area contributed by atoms with Crippen LogP contribution in [0.3, 0.4) is 0 Å². The van der Waals surface area contributed by atoms with E-state index in [0.29, 0.717) is 0 Å². The summed E-state index contributed by atoms with van der Waals surface area (Å²) in [5.74, 6) is -0.851. The maximum atomic E-state index is 10.9. The second kappa shape index (κ2) is 6.93. The highest BCUT2D eigenvalue weighted by molar-refractivity contribution is 5.75. The average Bonchev–Trinajstić information content (AvgIpc) is 2.41. The lowest BCUT2D eigenvalue weighted by Crippen LogP contribution is -2.20. The van der Waals surface area contributed by atoms with Crippen molar-refractivity contribution in [2.75, 3.05) is 43.7 Å². The fourth-order valence-electron chi connectivity index (χ4n) is 0.997. The molecule has 1 aromatic rings. The van der Waals surface area contributed by atoms with Crippen LogP contribution in [0, 0.1) is 0 Å². The summed E-state index contributed by atoms with van der Waals surface area (Å²) in [7, 11) is 2.52. The monoisotopic (exact) mass is 270 g/mol. The van der Waals surface area contributed by atoms with Crippen molar-refractivity contribution < 1.29 is 19.1 Å². The zero-order valence-electron chi connectivity index (χ0n) is 10.5. The fourth-order valence-corrected chi connectivity index (χ4v) is 0.997. The predicted molar refractivity (Wildman–Crippen MR) is 65.3 cm³/mol. The van der Waals surface area contributed by atoms with Gasteiger partial charge in [-0.2, -0.15) is 15.0 Å². The van der Waals surface area contributed by atoms with Crippen molar-refractivity contribution in [2.45, 2.75) is 0 Å². The summed E-state index contributed by atoms with van der Waals surface area (Å²) < 4.78 is 8.89. The Kier molecular flexibility index (Phi) is 5.26.